The van der Waals surface area contributed by atoms with Gasteiger partial charge in [0.1, 0.15) is 0 Å². The molecule has 1 aromatic rings. The molecule has 0 bridgehead atoms. The Balaban J connectivity index is 1.71. The van der Waals surface area contributed by atoms with Gasteiger partial charge >= 0.3 is 0 Å². The van der Waals surface area contributed by atoms with E-state index >= 15 is 0 Å². The smallest absolute Gasteiger partial charge is 0.0813 e. The maximum absolute atomic E-state index is 5.22. The third kappa shape index (κ3) is 1.69. The number of ether oxygens (including phenoxy) is 1. The second-order valence-corrected chi connectivity index (χ2v) is 4.45. The van der Waals surface area contributed by atoms with Crippen LogP contribution >= 0.6 is 0 Å². The summed E-state index contributed by atoms with van der Waals surface area (Å²) in [4.78, 5) is 0. The molecule has 1 heterocycles. The average Bonchev–Trinajstić information content (AvgIpc) is 2.92. The van der Waals surface area contributed by atoms with Crippen molar-refractivity contribution in [3.8, 4) is 0 Å². The van der Waals surface area contributed by atoms with E-state index in [1.165, 1.54) is 37.7 Å². The van der Waals surface area contributed by atoms with Crippen molar-refractivity contribution < 1.29 is 4.74 Å². The van der Waals surface area contributed by atoms with Crippen LogP contribution < -0.4 is 0 Å². The first-order chi connectivity index (χ1) is 6.92. The summed E-state index contributed by atoms with van der Waals surface area (Å²) in [6, 6.07) is 7.03. The summed E-state index contributed by atoms with van der Waals surface area (Å²) in [6.45, 7) is 0.991. The average molecular weight is 188 g/mol. The molecule has 1 fully saturated rings. The molecule has 74 valence electrons. The van der Waals surface area contributed by atoms with E-state index < -0.39 is 0 Å². The maximum atomic E-state index is 5.22. The molecule has 1 aliphatic carbocycles. The minimum atomic E-state index is 0.572. The molecule has 0 saturated carbocycles. The Morgan fingerprint density at radius 2 is 2.07 bits per heavy atom. The topological polar surface area (TPSA) is 12.5 Å². The normalized spacial score (nSPS) is 23.6. The molecule has 14 heavy (non-hydrogen) atoms. The van der Waals surface area contributed by atoms with E-state index in [0.29, 0.717) is 6.10 Å². The van der Waals surface area contributed by atoms with Gasteiger partial charge in [-0.25, -0.2) is 0 Å². The molecule has 1 aliphatic heterocycles. The molecule has 0 aromatic heterocycles. The fourth-order valence-corrected chi connectivity index (χ4v) is 2.34. The van der Waals surface area contributed by atoms with Gasteiger partial charge in [-0.3, -0.25) is 0 Å². The molecule has 0 N–H and O–H groups in total. The molecule has 1 unspecified atom stereocenters. The molecule has 1 atom stereocenters. The predicted octanol–water partition coefficient (Wildman–Crippen LogP) is 2.51. The van der Waals surface area contributed by atoms with Crippen LogP contribution in [0.3, 0.4) is 0 Å². The summed E-state index contributed by atoms with van der Waals surface area (Å²) in [7, 11) is 0. The summed E-state index contributed by atoms with van der Waals surface area (Å²) in [6.07, 6.45) is 6.91. The summed E-state index contributed by atoms with van der Waals surface area (Å²) >= 11 is 0. The first-order valence-electron chi connectivity index (χ1n) is 5.64. The minimum Gasteiger partial charge on any atom is -0.373 e. The Labute approximate surface area is 85.1 Å². The number of fused-ring (bicyclic) bond motifs is 1. The highest BCUT2D eigenvalue weighted by molar-refractivity contribution is 5.35. The number of rotatable bonds is 3. The number of hydrogen-bond donors (Lipinski definition) is 0. The first kappa shape index (κ1) is 8.49. The van der Waals surface area contributed by atoms with E-state index in [2.05, 4.69) is 18.2 Å². The maximum Gasteiger partial charge on any atom is 0.0813 e. The number of hydrogen-bond acceptors (Lipinski definition) is 1. The Hall–Kier alpha value is -0.820. The fourth-order valence-electron chi connectivity index (χ4n) is 2.34. The lowest BCUT2D eigenvalue weighted by Gasteiger charge is -2.03. The van der Waals surface area contributed by atoms with E-state index in [9.17, 15) is 0 Å². The lowest BCUT2D eigenvalue weighted by molar-refractivity contribution is 0.397. The Morgan fingerprint density at radius 1 is 1.21 bits per heavy atom. The van der Waals surface area contributed by atoms with Gasteiger partial charge in [-0.1, -0.05) is 18.2 Å². The second kappa shape index (κ2) is 3.39. The van der Waals surface area contributed by atoms with Gasteiger partial charge in [0.15, 0.2) is 0 Å². The minimum absolute atomic E-state index is 0.572. The molecule has 0 amide bonds. The third-order valence-corrected chi connectivity index (χ3v) is 3.32. The summed E-state index contributed by atoms with van der Waals surface area (Å²) in [5.41, 5.74) is 4.68. The zero-order chi connectivity index (χ0) is 9.38. The van der Waals surface area contributed by atoms with E-state index in [0.717, 1.165) is 6.61 Å². The largest absolute Gasteiger partial charge is 0.373 e. The molecular weight excluding hydrogens is 172 g/mol. The molecule has 1 nitrogen and oxygen atoms in total. The van der Waals surface area contributed by atoms with Gasteiger partial charge in [-0.2, -0.15) is 0 Å². The number of aryl methyl sites for hydroxylation is 3. The molecule has 1 saturated heterocycles. The van der Waals surface area contributed by atoms with Crippen LogP contribution in [0.2, 0.25) is 0 Å². The highest BCUT2D eigenvalue weighted by atomic mass is 16.6. The van der Waals surface area contributed by atoms with Gasteiger partial charge in [0.25, 0.3) is 0 Å². The standard InChI is InChI=1S/C13H16O/c1-2-11-6-4-10(8-12(11)3-1)5-7-13-9-14-13/h4,6,8,13H,1-3,5,7,9H2. The molecule has 1 heteroatoms. The van der Waals surface area contributed by atoms with Crippen LogP contribution in [-0.2, 0) is 24.0 Å². The molecular formula is C13H16O. The van der Waals surface area contributed by atoms with Gasteiger partial charge in [0.2, 0.25) is 0 Å². The molecule has 2 aliphatic rings. The van der Waals surface area contributed by atoms with Gasteiger partial charge in [0.05, 0.1) is 12.7 Å². The zero-order valence-electron chi connectivity index (χ0n) is 8.46. The van der Waals surface area contributed by atoms with Crippen LogP contribution in [0.15, 0.2) is 18.2 Å². The first-order valence-corrected chi connectivity index (χ1v) is 5.64. The molecule has 0 radical (unpaired) electrons. The van der Waals surface area contributed by atoms with Crippen molar-refractivity contribution in [2.45, 2.75) is 38.2 Å². The Kier molecular flexibility index (Phi) is 2.06. The van der Waals surface area contributed by atoms with Crippen LogP contribution in [0, 0.1) is 0 Å². The van der Waals surface area contributed by atoms with E-state index in [1.807, 2.05) is 0 Å². The predicted molar refractivity (Wildman–Crippen MR) is 56.5 cm³/mol. The van der Waals surface area contributed by atoms with E-state index in [1.54, 1.807) is 11.1 Å². The molecule has 0 spiro atoms. The SMILES string of the molecule is c1cc2c(cc1CCC1CO1)CCC2. The van der Waals surface area contributed by atoms with Gasteiger partial charge in [0, 0.05) is 0 Å². The van der Waals surface area contributed by atoms with Crippen LogP contribution in [0.5, 0.6) is 0 Å². The van der Waals surface area contributed by atoms with E-state index in [-0.39, 0.29) is 0 Å². The van der Waals surface area contributed by atoms with Crippen LogP contribution in [0.25, 0.3) is 0 Å². The Bertz CT molecular complexity index is 339. The lowest BCUT2D eigenvalue weighted by atomic mass is 10.0. The third-order valence-electron chi connectivity index (χ3n) is 3.32. The summed E-state index contributed by atoms with van der Waals surface area (Å²) < 4.78 is 5.22. The van der Waals surface area contributed by atoms with Crippen molar-refractivity contribution >= 4 is 0 Å². The van der Waals surface area contributed by atoms with Crippen molar-refractivity contribution in [3.63, 3.8) is 0 Å². The van der Waals surface area contributed by atoms with E-state index in [4.69, 9.17) is 4.74 Å². The lowest BCUT2D eigenvalue weighted by Crippen LogP contribution is -1.93. The summed E-state index contributed by atoms with van der Waals surface area (Å²) in [5.74, 6) is 0. The van der Waals surface area contributed by atoms with Crippen molar-refractivity contribution in [2.75, 3.05) is 6.61 Å². The van der Waals surface area contributed by atoms with Crippen LogP contribution in [0.4, 0.5) is 0 Å². The van der Waals surface area contributed by atoms with Crippen molar-refractivity contribution in [1.29, 1.82) is 0 Å². The van der Waals surface area contributed by atoms with Gasteiger partial charge in [-0.05, 0) is 48.8 Å². The zero-order valence-corrected chi connectivity index (χ0v) is 8.46. The van der Waals surface area contributed by atoms with Crippen molar-refractivity contribution in [1.82, 2.24) is 0 Å². The quantitative estimate of drug-likeness (QED) is 0.664. The summed E-state index contributed by atoms with van der Waals surface area (Å²) in [5, 5.41) is 0. The van der Waals surface area contributed by atoms with Gasteiger partial charge in [-0.15, -0.1) is 0 Å². The fraction of sp³-hybridized carbons (Fsp3) is 0.538. The highest BCUT2D eigenvalue weighted by Gasteiger charge is 2.21. The van der Waals surface area contributed by atoms with Gasteiger partial charge < -0.3 is 4.74 Å². The number of benzene rings is 1. The Morgan fingerprint density at radius 3 is 2.93 bits per heavy atom. The molecule has 3 rings (SSSR count). The molecule has 1 aromatic carbocycles. The second-order valence-electron chi connectivity index (χ2n) is 4.45. The van der Waals surface area contributed by atoms with Crippen molar-refractivity contribution in [2.24, 2.45) is 0 Å². The van der Waals surface area contributed by atoms with Crippen LogP contribution in [0.1, 0.15) is 29.5 Å². The monoisotopic (exact) mass is 188 g/mol. The van der Waals surface area contributed by atoms with Crippen molar-refractivity contribution in [3.05, 3.63) is 34.9 Å². The highest BCUT2D eigenvalue weighted by Crippen LogP contribution is 2.24. The van der Waals surface area contributed by atoms with Crippen LogP contribution in [-0.4, -0.2) is 12.7 Å². The number of epoxide rings is 1.